The first kappa shape index (κ1) is 10.2. The second kappa shape index (κ2) is 3.70. The molecule has 0 amide bonds. The summed E-state index contributed by atoms with van der Waals surface area (Å²) >= 11 is 0. The highest BCUT2D eigenvalue weighted by Gasteiger charge is 2.13. The number of hydrogen-bond donors (Lipinski definition) is 1. The minimum atomic E-state index is -1.01. The number of aromatic carboxylic acids is 1. The van der Waals surface area contributed by atoms with Gasteiger partial charge in [0.25, 0.3) is 0 Å². The molecule has 0 spiro atoms. The van der Waals surface area contributed by atoms with Gasteiger partial charge in [-0.15, -0.1) is 0 Å². The Bertz CT molecular complexity index is 605. The first-order valence-electron chi connectivity index (χ1n) is 4.83. The van der Waals surface area contributed by atoms with E-state index >= 15 is 0 Å². The summed E-state index contributed by atoms with van der Waals surface area (Å²) in [5, 5.41) is 18.6. The van der Waals surface area contributed by atoms with Crippen LogP contribution in [0.25, 0.3) is 10.9 Å². The fourth-order valence-corrected chi connectivity index (χ4v) is 1.81. The SMILES string of the molecule is Cc1ccc2c(c1)cc(C(=O)O)n2CC#N. The van der Waals surface area contributed by atoms with Crippen molar-refractivity contribution in [2.45, 2.75) is 13.5 Å². The summed E-state index contributed by atoms with van der Waals surface area (Å²) in [6.45, 7) is 2.00. The van der Waals surface area contributed by atoms with Crippen molar-refractivity contribution in [2.75, 3.05) is 0 Å². The molecule has 1 aromatic carbocycles. The molecule has 2 aromatic rings. The maximum absolute atomic E-state index is 11.0. The standard InChI is InChI=1S/C12H10N2O2/c1-8-2-3-10-9(6-8)7-11(12(15)16)14(10)5-4-13/h2-3,6-7H,5H2,1H3,(H,15,16). The van der Waals surface area contributed by atoms with Gasteiger partial charge < -0.3 is 9.67 Å². The monoisotopic (exact) mass is 214 g/mol. The predicted molar refractivity (Wildman–Crippen MR) is 59.2 cm³/mol. The Hall–Kier alpha value is -2.28. The highest BCUT2D eigenvalue weighted by atomic mass is 16.4. The number of carboxylic acids is 1. The molecule has 0 unspecified atom stereocenters. The van der Waals surface area contributed by atoms with E-state index in [4.69, 9.17) is 10.4 Å². The number of rotatable bonds is 2. The summed E-state index contributed by atoms with van der Waals surface area (Å²) < 4.78 is 1.51. The average Bonchev–Trinajstić information content (AvgIpc) is 2.57. The normalized spacial score (nSPS) is 10.2. The van der Waals surface area contributed by atoms with Gasteiger partial charge in [-0.05, 0) is 25.1 Å². The molecule has 4 heteroatoms. The van der Waals surface area contributed by atoms with E-state index in [1.165, 1.54) is 4.57 Å². The van der Waals surface area contributed by atoms with Gasteiger partial charge >= 0.3 is 5.97 Å². The lowest BCUT2D eigenvalue weighted by Crippen LogP contribution is -2.07. The Labute approximate surface area is 92.3 Å². The Balaban J connectivity index is 2.76. The number of aromatic nitrogens is 1. The van der Waals surface area contributed by atoms with Crippen LogP contribution in [0.1, 0.15) is 16.1 Å². The maximum Gasteiger partial charge on any atom is 0.352 e. The van der Waals surface area contributed by atoms with Gasteiger partial charge in [0, 0.05) is 10.9 Å². The maximum atomic E-state index is 11.0. The molecule has 0 radical (unpaired) electrons. The van der Waals surface area contributed by atoms with Crippen LogP contribution in [0.2, 0.25) is 0 Å². The molecule has 80 valence electrons. The summed E-state index contributed by atoms with van der Waals surface area (Å²) in [6, 6.07) is 9.23. The molecule has 0 bridgehead atoms. The summed E-state index contributed by atoms with van der Waals surface area (Å²) in [7, 11) is 0. The molecule has 4 nitrogen and oxygen atoms in total. The number of carboxylic acid groups (broad SMARTS) is 1. The molecule has 0 aliphatic heterocycles. The topological polar surface area (TPSA) is 66.0 Å². The minimum Gasteiger partial charge on any atom is -0.477 e. The Morgan fingerprint density at radius 1 is 1.50 bits per heavy atom. The van der Waals surface area contributed by atoms with E-state index in [1.807, 2.05) is 31.2 Å². The average molecular weight is 214 g/mol. The third-order valence-electron chi connectivity index (χ3n) is 2.50. The van der Waals surface area contributed by atoms with Crippen molar-refractivity contribution in [2.24, 2.45) is 0 Å². The van der Waals surface area contributed by atoms with Crippen LogP contribution in [0.4, 0.5) is 0 Å². The van der Waals surface area contributed by atoms with E-state index in [1.54, 1.807) is 6.07 Å². The lowest BCUT2D eigenvalue weighted by molar-refractivity contribution is 0.0686. The molecule has 1 aromatic heterocycles. The van der Waals surface area contributed by atoms with Crippen molar-refractivity contribution in [3.8, 4) is 6.07 Å². The van der Waals surface area contributed by atoms with Gasteiger partial charge in [0.05, 0.1) is 6.07 Å². The van der Waals surface area contributed by atoms with Crippen molar-refractivity contribution in [3.05, 3.63) is 35.5 Å². The highest BCUT2D eigenvalue weighted by molar-refractivity contribution is 5.94. The zero-order chi connectivity index (χ0) is 11.7. The third kappa shape index (κ3) is 1.52. The summed E-state index contributed by atoms with van der Waals surface area (Å²) in [4.78, 5) is 11.0. The van der Waals surface area contributed by atoms with Crippen LogP contribution in [0.5, 0.6) is 0 Å². The van der Waals surface area contributed by atoms with Crippen LogP contribution >= 0.6 is 0 Å². The van der Waals surface area contributed by atoms with Crippen LogP contribution in [0.3, 0.4) is 0 Å². The number of fused-ring (bicyclic) bond motifs is 1. The number of carbonyl (C=O) groups is 1. The zero-order valence-electron chi connectivity index (χ0n) is 8.77. The number of nitrogens with zero attached hydrogens (tertiary/aromatic N) is 2. The van der Waals surface area contributed by atoms with Crippen LogP contribution in [0, 0.1) is 18.3 Å². The molecule has 0 aliphatic carbocycles. The first-order valence-corrected chi connectivity index (χ1v) is 4.83. The fraction of sp³-hybridized carbons (Fsp3) is 0.167. The quantitative estimate of drug-likeness (QED) is 0.833. The third-order valence-corrected chi connectivity index (χ3v) is 2.50. The zero-order valence-corrected chi connectivity index (χ0v) is 8.77. The van der Waals surface area contributed by atoms with E-state index in [-0.39, 0.29) is 12.2 Å². The molecule has 0 saturated heterocycles. The van der Waals surface area contributed by atoms with Gasteiger partial charge in [-0.25, -0.2) is 4.79 Å². The highest BCUT2D eigenvalue weighted by Crippen LogP contribution is 2.21. The molecule has 1 heterocycles. The van der Waals surface area contributed by atoms with Crippen molar-refractivity contribution in [3.63, 3.8) is 0 Å². The molecule has 0 saturated carbocycles. The van der Waals surface area contributed by atoms with Crippen molar-refractivity contribution in [1.82, 2.24) is 4.57 Å². The molecule has 1 N–H and O–H groups in total. The molecule has 0 aliphatic rings. The molecule has 0 atom stereocenters. The van der Waals surface area contributed by atoms with Gasteiger partial charge in [0.1, 0.15) is 12.2 Å². The number of nitriles is 1. The van der Waals surface area contributed by atoms with Gasteiger partial charge in [0.2, 0.25) is 0 Å². The fourth-order valence-electron chi connectivity index (χ4n) is 1.81. The second-order valence-corrected chi connectivity index (χ2v) is 3.64. The summed E-state index contributed by atoms with van der Waals surface area (Å²) in [5.41, 5.74) is 2.00. The Morgan fingerprint density at radius 3 is 2.88 bits per heavy atom. The van der Waals surface area contributed by atoms with E-state index in [9.17, 15) is 4.79 Å². The van der Waals surface area contributed by atoms with Crippen molar-refractivity contribution >= 4 is 16.9 Å². The van der Waals surface area contributed by atoms with E-state index < -0.39 is 5.97 Å². The minimum absolute atomic E-state index is 0.0498. The van der Waals surface area contributed by atoms with Crippen LogP contribution < -0.4 is 0 Å². The second-order valence-electron chi connectivity index (χ2n) is 3.64. The smallest absolute Gasteiger partial charge is 0.352 e. The molecule has 2 rings (SSSR count). The predicted octanol–water partition coefficient (Wildman–Crippen LogP) is 2.17. The van der Waals surface area contributed by atoms with E-state index in [0.29, 0.717) is 0 Å². The molecule has 0 fully saturated rings. The number of benzene rings is 1. The largest absolute Gasteiger partial charge is 0.477 e. The van der Waals surface area contributed by atoms with Crippen molar-refractivity contribution in [1.29, 1.82) is 5.26 Å². The van der Waals surface area contributed by atoms with Crippen LogP contribution in [0.15, 0.2) is 24.3 Å². The Morgan fingerprint density at radius 2 is 2.25 bits per heavy atom. The van der Waals surface area contributed by atoms with E-state index in [0.717, 1.165) is 16.5 Å². The molecular weight excluding hydrogens is 204 g/mol. The first-order chi connectivity index (χ1) is 7.63. The number of aryl methyl sites for hydroxylation is 1. The molecule has 16 heavy (non-hydrogen) atoms. The molecular formula is C12H10N2O2. The lowest BCUT2D eigenvalue weighted by Gasteiger charge is -2.02. The van der Waals surface area contributed by atoms with Gasteiger partial charge in [-0.3, -0.25) is 0 Å². The summed E-state index contributed by atoms with van der Waals surface area (Å²) in [5.74, 6) is -1.01. The van der Waals surface area contributed by atoms with Gasteiger partial charge in [0.15, 0.2) is 0 Å². The van der Waals surface area contributed by atoms with Gasteiger partial charge in [-0.1, -0.05) is 11.6 Å². The van der Waals surface area contributed by atoms with Gasteiger partial charge in [-0.2, -0.15) is 5.26 Å². The van der Waals surface area contributed by atoms with Crippen molar-refractivity contribution < 1.29 is 9.90 Å². The lowest BCUT2D eigenvalue weighted by atomic mass is 10.2. The Kier molecular flexibility index (Phi) is 2.37. The van der Waals surface area contributed by atoms with Crippen LogP contribution in [-0.2, 0) is 6.54 Å². The summed E-state index contributed by atoms with van der Waals surface area (Å²) in [6.07, 6.45) is 0. The number of hydrogen-bond acceptors (Lipinski definition) is 2. The van der Waals surface area contributed by atoms with E-state index in [2.05, 4.69) is 0 Å². The van der Waals surface area contributed by atoms with Crippen LogP contribution in [-0.4, -0.2) is 15.6 Å².